The van der Waals surface area contributed by atoms with Gasteiger partial charge in [-0.05, 0) is 38.2 Å². The van der Waals surface area contributed by atoms with Crippen LogP contribution >= 0.6 is 0 Å². The topological polar surface area (TPSA) is 43.4 Å². The number of carbonyl (C=O) groups excluding carboxylic acids is 2. The van der Waals surface area contributed by atoms with Gasteiger partial charge in [0.1, 0.15) is 0 Å². The van der Waals surface area contributed by atoms with Crippen LogP contribution in [0.1, 0.15) is 45.4 Å². The van der Waals surface area contributed by atoms with Gasteiger partial charge < -0.3 is 4.74 Å². The lowest BCUT2D eigenvalue weighted by molar-refractivity contribution is -0.140. The van der Waals surface area contributed by atoms with Crippen molar-refractivity contribution in [2.45, 2.75) is 45.4 Å². The minimum absolute atomic E-state index is 0.198. The largest absolute Gasteiger partial charge is 0.469 e. The van der Waals surface area contributed by atoms with Crippen molar-refractivity contribution < 1.29 is 14.3 Å². The number of esters is 1. The Morgan fingerprint density at radius 3 is 2.73 bits per heavy atom. The minimum atomic E-state index is -0.198. The lowest BCUT2D eigenvalue weighted by Crippen LogP contribution is -2.11. The maximum absolute atomic E-state index is 11.6. The molecule has 0 amide bonds. The summed E-state index contributed by atoms with van der Waals surface area (Å²) in [5.41, 5.74) is 2.15. The Bertz CT molecular complexity index is 289. The van der Waals surface area contributed by atoms with Crippen LogP contribution < -0.4 is 0 Å². The van der Waals surface area contributed by atoms with E-state index in [0.717, 1.165) is 24.8 Å². The second-order valence-electron chi connectivity index (χ2n) is 3.97. The minimum Gasteiger partial charge on any atom is -0.469 e. The maximum atomic E-state index is 11.6. The third-order valence-corrected chi connectivity index (χ3v) is 2.84. The SMILES string of the molecule is COC(=O)CCCC1=C(C)CCCC1=O. The molecule has 84 valence electrons. The van der Waals surface area contributed by atoms with Gasteiger partial charge in [0.25, 0.3) is 0 Å². The molecule has 0 heterocycles. The number of carbonyl (C=O) groups is 2. The van der Waals surface area contributed by atoms with Crippen molar-refractivity contribution in [3.63, 3.8) is 0 Å². The highest BCUT2D eigenvalue weighted by Crippen LogP contribution is 2.25. The molecule has 0 atom stereocenters. The fraction of sp³-hybridized carbons (Fsp3) is 0.667. The molecular weight excluding hydrogens is 192 g/mol. The van der Waals surface area contributed by atoms with E-state index in [9.17, 15) is 9.59 Å². The van der Waals surface area contributed by atoms with Crippen molar-refractivity contribution in [2.24, 2.45) is 0 Å². The normalized spacial score (nSPS) is 16.8. The molecule has 0 radical (unpaired) electrons. The number of rotatable bonds is 4. The summed E-state index contributed by atoms with van der Waals surface area (Å²) in [5.74, 6) is 0.0696. The van der Waals surface area contributed by atoms with E-state index in [0.29, 0.717) is 19.3 Å². The third-order valence-electron chi connectivity index (χ3n) is 2.84. The molecule has 0 aromatic rings. The Morgan fingerprint density at radius 1 is 1.40 bits per heavy atom. The van der Waals surface area contributed by atoms with Crippen molar-refractivity contribution >= 4 is 11.8 Å². The molecule has 0 N–H and O–H groups in total. The third kappa shape index (κ3) is 3.50. The zero-order valence-corrected chi connectivity index (χ0v) is 9.47. The second kappa shape index (κ2) is 5.69. The van der Waals surface area contributed by atoms with Gasteiger partial charge in [-0.2, -0.15) is 0 Å². The van der Waals surface area contributed by atoms with Gasteiger partial charge in [-0.3, -0.25) is 9.59 Å². The lowest BCUT2D eigenvalue weighted by Gasteiger charge is -2.16. The van der Waals surface area contributed by atoms with Crippen LogP contribution in [0.2, 0.25) is 0 Å². The van der Waals surface area contributed by atoms with Gasteiger partial charge in [-0.15, -0.1) is 0 Å². The Hall–Kier alpha value is -1.12. The number of hydrogen-bond donors (Lipinski definition) is 0. The highest BCUT2D eigenvalue weighted by Gasteiger charge is 2.17. The van der Waals surface area contributed by atoms with Gasteiger partial charge in [0.05, 0.1) is 7.11 Å². The maximum Gasteiger partial charge on any atom is 0.305 e. The highest BCUT2D eigenvalue weighted by molar-refractivity contribution is 5.96. The molecule has 3 nitrogen and oxygen atoms in total. The first-order valence-corrected chi connectivity index (χ1v) is 5.43. The predicted molar refractivity (Wildman–Crippen MR) is 57.4 cm³/mol. The number of Topliss-reactive ketones (excluding diaryl/α,β-unsaturated/α-hetero) is 1. The van der Waals surface area contributed by atoms with E-state index in [1.165, 1.54) is 12.7 Å². The summed E-state index contributed by atoms with van der Waals surface area (Å²) in [4.78, 5) is 22.5. The number of ketones is 1. The Balaban J connectivity index is 2.43. The van der Waals surface area contributed by atoms with Gasteiger partial charge in [-0.25, -0.2) is 0 Å². The molecule has 0 saturated heterocycles. The molecule has 3 heteroatoms. The van der Waals surface area contributed by atoms with Gasteiger partial charge in [0.2, 0.25) is 0 Å². The molecule has 1 rings (SSSR count). The van der Waals surface area contributed by atoms with E-state index in [-0.39, 0.29) is 11.8 Å². The smallest absolute Gasteiger partial charge is 0.305 e. The van der Waals surface area contributed by atoms with Crippen LogP contribution in [0.5, 0.6) is 0 Å². The first-order chi connectivity index (χ1) is 7.15. The molecule has 0 aromatic carbocycles. The lowest BCUT2D eigenvalue weighted by atomic mass is 9.88. The standard InChI is InChI=1S/C12H18O3/c1-9-5-3-7-11(13)10(9)6-4-8-12(14)15-2/h3-8H2,1-2H3. The van der Waals surface area contributed by atoms with Gasteiger partial charge >= 0.3 is 5.97 Å². The monoisotopic (exact) mass is 210 g/mol. The molecule has 0 bridgehead atoms. The van der Waals surface area contributed by atoms with E-state index in [2.05, 4.69) is 4.74 Å². The first-order valence-electron chi connectivity index (χ1n) is 5.43. The van der Waals surface area contributed by atoms with E-state index < -0.39 is 0 Å². The summed E-state index contributed by atoms with van der Waals surface area (Å²) in [5, 5.41) is 0. The van der Waals surface area contributed by atoms with Crippen LogP contribution in [0.15, 0.2) is 11.1 Å². The van der Waals surface area contributed by atoms with Gasteiger partial charge in [0, 0.05) is 12.8 Å². The molecule has 0 fully saturated rings. The molecule has 15 heavy (non-hydrogen) atoms. The summed E-state index contributed by atoms with van der Waals surface area (Å²) in [7, 11) is 1.39. The Labute approximate surface area is 90.5 Å². The van der Waals surface area contributed by atoms with Crippen molar-refractivity contribution in [1.82, 2.24) is 0 Å². The van der Waals surface area contributed by atoms with E-state index in [4.69, 9.17) is 0 Å². The van der Waals surface area contributed by atoms with E-state index in [1.54, 1.807) is 0 Å². The summed E-state index contributed by atoms with van der Waals surface area (Å²) < 4.78 is 4.55. The summed E-state index contributed by atoms with van der Waals surface area (Å²) in [6.45, 7) is 2.02. The average Bonchev–Trinajstić information content (AvgIpc) is 2.22. The summed E-state index contributed by atoms with van der Waals surface area (Å²) in [6.07, 6.45) is 4.51. The Kier molecular flexibility index (Phi) is 4.53. The van der Waals surface area contributed by atoms with Crippen LogP contribution in [-0.4, -0.2) is 18.9 Å². The highest BCUT2D eigenvalue weighted by atomic mass is 16.5. The molecule has 1 aliphatic rings. The van der Waals surface area contributed by atoms with Crippen LogP contribution in [-0.2, 0) is 14.3 Å². The molecule has 0 aliphatic heterocycles. The van der Waals surface area contributed by atoms with Gasteiger partial charge in [0.15, 0.2) is 5.78 Å². The van der Waals surface area contributed by atoms with Crippen molar-refractivity contribution in [1.29, 1.82) is 0 Å². The zero-order valence-electron chi connectivity index (χ0n) is 9.47. The first kappa shape index (κ1) is 12.0. The van der Waals surface area contributed by atoms with Gasteiger partial charge in [-0.1, -0.05) is 5.57 Å². The van der Waals surface area contributed by atoms with Crippen molar-refractivity contribution in [3.8, 4) is 0 Å². The number of ether oxygens (including phenoxy) is 1. The number of hydrogen-bond acceptors (Lipinski definition) is 3. The zero-order chi connectivity index (χ0) is 11.3. The quantitative estimate of drug-likeness (QED) is 0.669. The fourth-order valence-electron chi connectivity index (χ4n) is 1.92. The molecule has 1 aliphatic carbocycles. The number of methoxy groups -OCH3 is 1. The van der Waals surface area contributed by atoms with Crippen LogP contribution in [0, 0.1) is 0 Å². The van der Waals surface area contributed by atoms with E-state index >= 15 is 0 Å². The molecule has 0 unspecified atom stereocenters. The fourth-order valence-corrected chi connectivity index (χ4v) is 1.92. The summed E-state index contributed by atoms with van der Waals surface area (Å²) in [6, 6.07) is 0. The van der Waals surface area contributed by atoms with E-state index in [1.807, 2.05) is 6.92 Å². The van der Waals surface area contributed by atoms with Crippen molar-refractivity contribution in [3.05, 3.63) is 11.1 Å². The molecule has 0 spiro atoms. The van der Waals surface area contributed by atoms with Crippen molar-refractivity contribution in [2.75, 3.05) is 7.11 Å². The predicted octanol–water partition coefficient (Wildman–Crippen LogP) is 2.40. The second-order valence-corrected chi connectivity index (χ2v) is 3.97. The van der Waals surface area contributed by atoms with Crippen LogP contribution in [0.4, 0.5) is 0 Å². The molecule has 0 saturated carbocycles. The Morgan fingerprint density at radius 2 is 2.13 bits per heavy atom. The average molecular weight is 210 g/mol. The molecule has 0 aromatic heterocycles. The van der Waals surface area contributed by atoms with Crippen LogP contribution in [0.25, 0.3) is 0 Å². The summed E-state index contributed by atoms with van der Waals surface area (Å²) >= 11 is 0. The molecular formula is C12H18O3. The number of allylic oxidation sites excluding steroid dienone is 2. The van der Waals surface area contributed by atoms with Crippen LogP contribution in [0.3, 0.4) is 0 Å².